The van der Waals surface area contributed by atoms with Crippen molar-refractivity contribution in [2.75, 3.05) is 0 Å². The standard InChI is InChI=1S/C30H19F3O.C15H9F3O.C11H9.BrH.Mg/c31-30(32,33)26-19-21-16-15-20-9-7-8-14-24(20)27(21)28-25(26)17-18-29(34-28,22-10-3-1-4-11-22)23-12-5-2-6-13-23;16-15(17,18)11-7-10-6-5-9-3-1-2-4-12(9)14(10)13(19)8-11;1-9-6-7-10-4-2-3-5-11(10)8-9;;/h1-19H;1-8,19H;2-8H,1H2;1H;/q;;-1;;+2/p-1. The van der Waals surface area contributed by atoms with Crippen LogP contribution in [0.4, 0.5) is 26.3 Å². The second kappa shape index (κ2) is 19.2. The maximum absolute atomic E-state index is 14.2. The van der Waals surface area contributed by atoms with E-state index in [0.717, 1.165) is 50.4 Å². The Hall–Kier alpha value is -6.46. The van der Waals surface area contributed by atoms with Crippen LogP contribution in [0.5, 0.6) is 11.5 Å². The zero-order valence-corrected chi connectivity index (χ0v) is 38.0. The molecule has 0 saturated heterocycles. The van der Waals surface area contributed by atoms with E-state index in [9.17, 15) is 31.4 Å². The molecule has 0 aromatic heterocycles. The number of hydrogen-bond donors (Lipinski definition) is 1. The fraction of sp³-hybridized carbons (Fsp3) is 0.0536. The van der Waals surface area contributed by atoms with Gasteiger partial charge in [0.15, 0.2) is 5.60 Å². The first-order valence-corrected chi connectivity index (χ1v) is 20.4. The first kappa shape index (κ1) is 47.5. The van der Waals surface area contributed by atoms with Gasteiger partial charge in [0.05, 0.1) is 11.1 Å². The van der Waals surface area contributed by atoms with Crippen LogP contribution in [0.2, 0.25) is 0 Å². The molecule has 0 atom stereocenters. The molecule has 1 aliphatic heterocycles. The number of fused-ring (bicyclic) bond motifs is 9. The van der Waals surface area contributed by atoms with Gasteiger partial charge in [0.1, 0.15) is 11.5 Å². The first-order chi connectivity index (χ1) is 30.8. The van der Waals surface area contributed by atoms with Gasteiger partial charge < -0.3 is 26.8 Å². The van der Waals surface area contributed by atoms with Crippen molar-refractivity contribution in [3.63, 3.8) is 0 Å². The van der Waals surface area contributed by atoms with Gasteiger partial charge in [-0.1, -0.05) is 163 Å². The Bertz CT molecular complexity index is 3330. The van der Waals surface area contributed by atoms with E-state index < -0.39 is 29.1 Å². The summed E-state index contributed by atoms with van der Waals surface area (Å²) in [5.74, 6) is -0.0987. The molecule has 0 spiro atoms. The number of alkyl halides is 6. The molecular weight excluding hydrogens is 923 g/mol. The molecule has 1 N–H and O–H groups in total. The van der Waals surface area contributed by atoms with Gasteiger partial charge in [0.25, 0.3) is 0 Å². The summed E-state index contributed by atoms with van der Waals surface area (Å²) in [6, 6.07) is 58.7. The van der Waals surface area contributed by atoms with Crippen LogP contribution in [0.15, 0.2) is 200 Å². The van der Waals surface area contributed by atoms with E-state index >= 15 is 0 Å². The molecule has 0 bridgehead atoms. The Labute approximate surface area is 403 Å². The van der Waals surface area contributed by atoms with Gasteiger partial charge in [-0.05, 0) is 68.1 Å². The Morgan fingerprint density at radius 2 is 0.939 bits per heavy atom. The largest absolute Gasteiger partial charge is 2.00 e. The summed E-state index contributed by atoms with van der Waals surface area (Å²) in [6.07, 6.45) is -5.66. The third-order valence-electron chi connectivity index (χ3n) is 11.4. The van der Waals surface area contributed by atoms with Crippen LogP contribution >= 0.6 is 0 Å². The molecule has 324 valence electrons. The summed E-state index contributed by atoms with van der Waals surface area (Å²) in [4.78, 5) is 0. The van der Waals surface area contributed by atoms with Crippen molar-refractivity contribution in [1.82, 2.24) is 0 Å². The maximum atomic E-state index is 14.2. The van der Waals surface area contributed by atoms with Crippen LogP contribution in [0.1, 0.15) is 33.4 Å². The first-order valence-electron chi connectivity index (χ1n) is 20.4. The minimum absolute atomic E-state index is 0. The molecule has 10 aromatic rings. The number of ether oxygens (including phenoxy) is 1. The van der Waals surface area contributed by atoms with Crippen LogP contribution in [0.25, 0.3) is 59.9 Å². The molecule has 10 heteroatoms. The van der Waals surface area contributed by atoms with Gasteiger partial charge in [-0.2, -0.15) is 51.0 Å². The molecular formula is C56H37BrF6MgO2. The predicted molar refractivity (Wildman–Crippen MR) is 252 cm³/mol. The van der Waals surface area contributed by atoms with Crippen molar-refractivity contribution >= 4 is 83.0 Å². The fourth-order valence-corrected chi connectivity index (χ4v) is 8.43. The van der Waals surface area contributed by atoms with Gasteiger partial charge in [-0.25, -0.2) is 0 Å². The van der Waals surface area contributed by atoms with Gasteiger partial charge in [0.2, 0.25) is 0 Å². The molecule has 0 amide bonds. The van der Waals surface area contributed by atoms with E-state index in [2.05, 4.69) is 31.2 Å². The molecule has 2 nitrogen and oxygen atoms in total. The van der Waals surface area contributed by atoms with E-state index in [1.54, 1.807) is 42.5 Å². The number of halogens is 7. The Morgan fingerprint density at radius 1 is 0.470 bits per heavy atom. The molecule has 66 heavy (non-hydrogen) atoms. The molecule has 1 heterocycles. The van der Waals surface area contributed by atoms with Crippen LogP contribution in [-0.2, 0) is 18.0 Å². The summed E-state index contributed by atoms with van der Waals surface area (Å²) in [7, 11) is 0. The van der Waals surface area contributed by atoms with Gasteiger partial charge in [-0.3, -0.25) is 0 Å². The van der Waals surface area contributed by atoms with Crippen molar-refractivity contribution < 1.29 is 53.2 Å². The third-order valence-corrected chi connectivity index (χ3v) is 11.4. The number of rotatable bonds is 2. The average molecular weight is 960 g/mol. The number of phenols is 1. The molecule has 11 rings (SSSR count). The SMILES string of the molecule is FC(F)(F)c1cc2ccc3ccccc3c2c2c1C=CC(c1ccccc1)(c1ccccc1)O2.Oc1cc(C(F)(F)F)cc2ccc3ccccc3c12.[Br-].[CH2-]c1ccc2ccccc2c1.[Mg+2]. The Balaban J connectivity index is 0.000000170. The normalized spacial score (nSPS) is 12.8. The molecule has 1 aliphatic rings. The second-order valence-electron chi connectivity index (χ2n) is 15.5. The zero-order chi connectivity index (χ0) is 44.6. The van der Waals surface area contributed by atoms with Crippen LogP contribution in [-0.4, -0.2) is 28.2 Å². The minimum atomic E-state index is -4.52. The number of hydrogen-bond acceptors (Lipinski definition) is 2. The van der Waals surface area contributed by atoms with E-state index in [1.165, 1.54) is 16.8 Å². The van der Waals surface area contributed by atoms with Crippen molar-refractivity contribution in [3.8, 4) is 11.5 Å². The number of benzene rings is 10. The zero-order valence-electron chi connectivity index (χ0n) is 35.0. The van der Waals surface area contributed by atoms with E-state index in [0.29, 0.717) is 21.5 Å². The average Bonchev–Trinajstić information content (AvgIpc) is 3.31. The smallest absolute Gasteiger partial charge is 1.00 e. The maximum Gasteiger partial charge on any atom is 2.00 e. The van der Waals surface area contributed by atoms with Crippen molar-refractivity contribution in [3.05, 3.63) is 241 Å². The van der Waals surface area contributed by atoms with Crippen molar-refractivity contribution in [1.29, 1.82) is 0 Å². The molecule has 10 aromatic carbocycles. The summed E-state index contributed by atoms with van der Waals surface area (Å²) in [6.45, 7) is 3.87. The van der Waals surface area contributed by atoms with Gasteiger partial charge >= 0.3 is 35.4 Å². The van der Waals surface area contributed by atoms with Crippen molar-refractivity contribution in [2.45, 2.75) is 18.0 Å². The molecule has 0 radical (unpaired) electrons. The van der Waals surface area contributed by atoms with Crippen LogP contribution in [0.3, 0.4) is 0 Å². The minimum Gasteiger partial charge on any atom is -1.00 e. The predicted octanol–water partition coefficient (Wildman–Crippen LogP) is 12.7. The van der Waals surface area contributed by atoms with Crippen LogP contribution < -0.4 is 21.7 Å². The number of aromatic hydroxyl groups is 1. The van der Waals surface area contributed by atoms with E-state index in [4.69, 9.17) is 4.74 Å². The second-order valence-corrected chi connectivity index (χ2v) is 15.5. The summed E-state index contributed by atoms with van der Waals surface area (Å²) in [5.41, 5.74) is 0.207. The van der Waals surface area contributed by atoms with E-state index in [1.807, 2.05) is 121 Å². The van der Waals surface area contributed by atoms with Gasteiger partial charge in [-0.15, -0.1) is 6.07 Å². The van der Waals surface area contributed by atoms with Crippen molar-refractivity contribution in [2.24, 2.45) is 0 Å². The quantitative estimate of drug-likeness (QED) is 0.0810. The summed E-state index contributed by atoms with van der Waals surface area (Å²) in [5, 5.41) is 17.9. The topological polar surface area (TPSA) is 29.5 Å². The van der Waals surface area contributed by atoms with E-state index in [-0.39, 0.29) is 57.1 Å². The molecule has 0 unspecified atom stereocenters. The Morgan fingerprint density at radius 3 is 1.50 bits per heavy atom. The third kappa shape index (κ3) is 9.31. The summed E-state index contributed by atoms with van der Waals surface area (Å²) < 4.78 is 87.4. The fourth-order valence-electron chi connectivity index (χ4n) is 8.43. The molecule has 0 fully saturated rings. The van der Waals surface area contributed by atoms with Crippen LogP contribution in [0, 0.1) is 6.92 Å². The number of phenolic OH excluding ortho intramolecular Hbond substituents is 1. The van der Waals surface area contributed by atoms with Gasteiger partial charge in [0, 0.05) is 27.5 Å². The molecule has 0 aliphatic carbocycles. The molecule has 0 saturated carbocycles. The Kier molecular flexibility index (Phi) is 13.8. The monoisotopic (exact) mass is 958 g/mol. The summed E-state index contributed by atoms with van der Waals surface area (Å²) >= 11 is 0.